The Morgan fingerprint density at radius 1 is 1.44 bits per heavy atom. The zero-order valence-electron chi connectivity index (χ0n) is 10.3. The summed E-state index contributed by atoms with van der Waals surface area (Å²) in [5.41, 5.74) is 1.60. The maximum Gasteiger partial charge on any atom is 0.254 e. The van der Waals surface area contributed by atoms with Crippen molar-refractivity contribution in [3.8, 4) is 6.07 Å². The molecule has 94 valence electrons. The number of aryl methyl sites for hydroxylation is 1. The second-order valence-corrected chi connectivity index (χ2v) is 5.09. The minimum atomic E-state index is 0.0198. The number of carbonyl (C=O) groups is 1. The molecule has 1 aromatic carbocycles. The molecule has 0 bridgehead atoms. The maximum absolute atomic E-state index is 12.4. The van der Waals surface area contributed by atoms with Crippen LogP contribution in [0.15, 0.2) is 18.2 Å². The first-order valence-electron chi connectivity index (χ1n) is 6.07. The molecule has 0 N–H and O–H groups in total. The Labute approximate surface area is 112 Å². The third-order valence-corrected chi connectivity index (χ3v) is 3.63. The summed E-state index contributed by atoms with van der Waals surface area (Å²) in [4.78, 5) is 14.2. The molecule has 1 fully saturated rings. The van der Waals surface area contributed by atoms with Gasteiger partial charge in [-0.05, 0) is 37.5 Å². The average molecular weight is 263 g/mol. The van der Waals surface area contributed by atoms with E-state index in [1.807, 2.05) is 17.9 Å². The summed E-state index contributed by atoms with van der Waals surface area (Å²) >= 11 is 5.93. The SMILES string of the molecule is Cc1ccc(Cl)cc1C(=O)N1CCC(C#N)CC1. The van der Waals surface area contributed by atoms with Crippen LogP contribution in [0.4, 0.5) is 0 Å². The molecule has 0 radical (unpaired) electrons. The number of nitrogens with zero attached hydrogens (tertiary/aromatic N) is 2. The summed E-state index contributed by atoms with van der Waals surface area (Å²) in [6, 6.07) is 7.63. The van der Waals surface area contributed by atoms with Gasteiger partial charge in [0.1, 0.15) is 0 Å². The normalized spacial score (nSPS) is 16.4. The lowest BCUT2D eigenvalue weighted by atomic mass is 9.97. The van der Waals surface area contributed by atoms with E-state index in [1.54, 1.807) is 12.1 Å². The summed E-state index contributed by atoms with van der Waals surface area (Å²) < 4.78 is 0. The Morgan fingerprint density at radius 3 is 2.72 bits per heavy atom. The number of halogens is 1. The molecule has 1 saturated heterocycles. The van der Waals surface area contributed by atoms with Gasteiger partial charge in [0.05, 0.1) is 6.07 Å². The van der Waals surface area contributed by atoms with Crippen LogP contribution in [0.25, 0.3) is 0 Å². The molecule has 0 saturated carbocycles. The second-order valence-electron chi connectivity index (χ2n) is 4.65. The van der Waals surface area contributed by atoms with Crippen molar-refractivity contribution in [3.63, 3.8) is 0 Å². The molecule has 1 amide bonds. The highest BCUT2D eigenvalue weighted by molar-refractivity contribution is 6.31. The van der Waals surface area contributed by atoms with Crippen LogP contribution in [0, 0.1) is 24.2 Å². The first kappa shape index (κ1) is 12.9. The Balaban J connectivity index is 2.13. The summed E-state index contributed by atoms with van der Waals surface area (Å²) in [5.74, 6) is 0.112. The smallest absolute Gasteiger partial charge is 0.254 e. The van der Waals surface area contributed by atoms with E-state index < -0.39 is 0 Å². The predicted octanol–water partition coefficient (Wildman–Crippen LogP) is 3.02. The number of hydrogen-bond donors (Lipinski definition) is 0. The van der Waals surface area contributed by atoms with Crippen molar-refractivity contribution < 1.29 is 4.79 Å². The number of carbonyl (C=O) groups excluding carboxylic acids is 1. The van der Waals surface area contributed by atoms with E-state index in [0.29, 0.717) is 23.7 Å². The monoisotopic (exact) mass is 262 g/mol. The van der Waals surface area contributed by atoms with Gasteiger partial charge in [0.15, 0.2) is 0 Å². The molecule has 4 heteroatoms. The molecule has 18 heavy (non-hydrogen) atoms. The lowest BCUT2D eigenvalue weighted by Crippen LogP contribution is -2.38. The Morgan fingerprint density at radius 2 is 2.11 bits per heavy atom. The Kier molecular flexibility index (Phi) is 3.88. The van der Waals surface area contributed by atoms with Crippen LogP contribution in [-0.4, -0.2) is 23.9 Å². The van der Waals surface area contributed by atoms with Crippen LogP contribution in [0.5, 0.6) is 0 Å². The first-order chi connectivity index (χ1) is 8.61. The van der Waals surface area contributed by atoms with Gasteiger partial charge in [-0.1, -0.05) is 17.7 Å². The van der Waals surface area contributed by atoms with E-state index in [1.165, 1.54) is 0 Å². The van der Waals surface area contributed by atoms with Crippen LogP contribution in [0.1, 0.15) is 28.8 Å². The van der Waals surface area contributed by atoms with E-state index in [4.69, 9.17) is 16.9 Å². The highest BCUT2D eigenvalue weighted by atomic mass is 35.5. The van der Waals surface area contributed by atoms with Crippen LogP contribution >= 0.6 is 11.6 Å². The van der Waals surface area contributed by atoms with E-state index in [-0.39, 0.29) is 11.8 Å². The van der Waals surface area contributed by atoms with Crippen molar-refractivity contribution >= 4 is 17.5 Å². The number of rotatable bonds is 1. The van der Waals surface area contributed by atoms with Gasteiger partial charge in [-0.25, -0.2) is 0 Å². The van der Waals surface area contributed by atoms with Gasteiger partial charge in [0.25, 0.3) is 5.91 Å². The third-order valence-electron chi connectivity index (χ3n) is 3.39. The zero-order chi connectivity index (χ0) is 13.1. The van der Waals surface area contributed by atoms with Gasteiger partial charge < -0.3 is 4.90 Å². The fourth-order valence-electron chi connectivity index (χ4n) is 2.21. The molecular formula is C14H15ClN2O. The van der Waals surface area contributed by atoms with Gasteiger partial charge in [-0.2, -0.15) is 5.26 Å². The molecule has 1 aliphatic heterocycles. The summed E-state index contributed by atoms with van der Waals surface area (Å²) in [7, 11) is 0. The first-order valence-corrected chi connectivity index (χ1v) is 6.44. The van der Waals surface area contributed by atoms with Crippen molar-refractivity contribution in [2.45, 2.75) is 19.8 Å². The molecule has 0 aromatic heterocycles. The molecule has 0 unspecified atom stereocenters. The van der Waals surface area contributed by atoms with Gasteiger partial charge in [0.2, 0.25) is 0 Å². The number of piperidine rings is 1. The number of amides is 1. The van der Waals surface area contributed by atoms with Gasteiger partial charge in [-0.3, -0.25) is 4.79 Å². The molecule has 1 aromatic rings. The maximum atomic E-state index is 12.4. The molecule has 3 nitrogen and oxygen atoms in total. The van der Waals surface area contributed by atoms with Crippen molar-refractivity contribution in [1.82, 2.24) is 4.90 Å². The van der Waals surface area contributed by atoms with Gasteiger partial charge in [0, 0.05) is 29.6 Å². The lowest BCUT2D eigenvalue weighted by Gasteiger charge is -2.29. The zero-order valence-corrected chi connectivity index (χ0v) is 11.1. The van der Waals surface area contributed by atoms with E-state index in [2.05, 4.69) is 6.07 Å². The highest BCUT2D eigenvalue weighted by Gasteiger charge is 2.24. The topological polar surface area (TPSA) is 44.1 Å². The van der Waals surface area contributed by atoms with Crippen molar-refractivity contribution in [1.29, 1.82) is 5.26 Å². The highest BCUT2D eigenvalue weighted by Crippen LogP contribution is 2.21. The minimum absolute atomic E-state index is 0.0198. The number of hydrogen-bond acceptors (Lipinski definition) is 2. The summed E-state index contributed by atoms with van der Waals surface area (Å²) in [6.45, 7) is 3.22. The average Bonchev–Trinajstić information content (AvgIpc) is 2.41. The van der Waals surface area contributed by atoms with Crippen LogP contribution in [0.2, 0.25) is 5.02 Å². The summed E-state index contributed by atoms with van der Waals surface area (Å²) in [5, 5.41) is 9.42. The predicted molar refractivity (Wildman–Crippen MR) is 70.4 cm³/mol. The standard InChI is InChI=1S/C14H15ClN2O/c1-10-2-3-12(15)8-13(10)14(18)17-6-4-11(9-16)5-7-17/h2-3,8,11H,4-7H2,1H3. The van der Waals surface area contributed by atoms with Gasteiger partial charge in [-0.15, -0.1) is 0 Å². The molecule has 1 heterocycles. The molecule has 1 aliphatic rings. The second kappa shape index (κ2) is 5.41. The quantitative estimate of drug-likeness (QED) is 0.781. The Bertz CT molecular complexity index is 499. The van der Waals surface area contributed by atoms with Crippen LogP contribution < -0.4 is 0 Å². The number of likely N-dealkylation sites (tertiary alicyclic amines) is 1. The molecule has 0 atom stereocenters. The molecule has 2 rings (SSSR count). The fraction of sp³-hybridized carbons (Fsp3) is 0.429. The third kappa shape index (κ3) is 2.65. The van der Waals surface area contributed by atoms with Crippen LogP contribution in [0.3, 0.4) is 0 Å². The molecular weight excluding hydrogens is 248 g/mol. The van der Waals surface area contributed by atoms with Crippen molar-refractivity contribution in [2.75, 3.05) is 13.1 Å². The van der Waals surface area contributed by atoms with Crippen molar-refractivity contribution in [2.24, 2.45) is 5.92 Å². The number of benzene rings is 1. The number of nitriles is 1. The van der Waals surface area contributed by atoms with E-state index in [9.17, 15) is 4.79 Å². The molecule has 0 spiro atoms. The fourth-order valence-corrected chi connectivity index (χ4v) is 2.38. The van der Waals surface area contributed by atoms with E-state index >= 15 is 0 Å². The molecule has 0 aliphatic carbocycles. The van der Waals surface area contributed by atoms with E-state index in [0.717, 1.165) is 18.4 Å². The van der Waals surface area contributed by atoms with Crippen LogP contribution in [-0.2, 0) is 0 Å². The Hall–Kier alpha value is -1.53. The lowest BCUT2D eigenvalue weighted by molar-refractivity contribution is 0.0706. The largest absolute Gasteiger partial charge is 0.339 e. The van der Waals surface area contributed by atoms with Gasteiger partial charge >= 0.3 is 0 Å². The minimum Gasteiger partial charge on any atom is -0.339 e. The van der Waals surface area contributed by atoms with Crippen molar-refractivity contribution in [3.05, 3.63) is 34.3 Å². The summed E-state index contributed by atoms with van der Waals surface area (Å²) in [6.07, 6.45) is 1.53.